The smallest absolute Gasteiger partial charge is 0.271 e. The fourth-order valence-electron chi connectivity index (χ4n) is 3.42. The van der Waals surface area contributed by atoms with Crippen molar-refractivity contribution in [1.29, 1.82) is 0 Å². The summed E-state index contributed by atoms with van der Waals surface area (Å²) in [4.78, 5) is 35.5. The van der Waals surface area contributed by atoms with E-state index < -0.39 is 0 Å². The monoisotopic (exact) mass is 391 g/mol. The summed E-state index contributed by atoms with van der Waals surface area (Å²) in [6, 6.07) is 10.6. The predicted octanol–water partition coefficient (Wildman–Crippen LogP) is 1.74. The second kappa shape index (κ2) is 8.14. The maximum atomic E-state index is 13.0. The minimum Gasteiger partial charge on any atom is -0.481 e. The van der Waals surface area contributed by atoms with E-state index >= 15 is 0 Å². The summed E-state index contributed by atoms with van der Waals surface area (Å²) in [5.74, 6) is 0.143. The number of nitrogens with zero attached hydrogens (tertiary/aromatic N) is 4. The SMILES string of the molecule is COc1ccc(C(=O)NCC2Cn3cccc3C(=O)N2Cc2cccnc2)cn1. The topological polar surface area (TPSA) is 89.4 Å². The van der Waals surface area contributed by atoms with Crippen LogP contribution in [0.2, 0.25) is 0 Å². The van der Waals surface area contributed by atoms with Crippen molar-refractivity contribution in [3.05, 3.63) is 78.0 Å². The molecule has 8 heteroatoms. The molecule has 0 saturated heterocycles. The Balaban J connectivity index is 1.50. The lowest BCUT2D eigenvalue weighted by molar-refractivity contribution is 0.0563. The molecule has 8 nitrogen and oxygen atoms in total. The summed E-state index contributed by atoms with van der Waals surface area (Å²) in [5, 5.41) is 2.92. The van der Waals surface area contributed by atoms with E-state index in [1.165, 1.54) is 13.3 Å². The third-order valence-electron chi connectivity index (χ3n) is 4.94. The highest BCUT2D eigenvalue weighted by atomic mass is 16.5. The standard InChI is InChI=1S/C21H21N5O3/c1-29-19-7-6-16(11-23-19)20(27)24-12-17-14-25-9-3-5-18(25)21(28)26(17)13-15-4-2-8-22-10-15/h2-11,17H,12-14H2,1H3,(H,24,27). The van der Waals surface area contributed by atoms with E-state index in [2.05, 4.69) is 15.3 Å². The number of hydrogen-bond donors (Lipinski definition) is 1. The van der Waals surface area contributed by atoms with Crippen molar-refractivity contribution in [2.45, 2.75) is 19.1 Å². The summed E-state index contributed by atoms with van der Waals surface area (Å²) in [5.41, 5.74) is 2.03. The zero-order valence-electron chi connectivity index (χ0n) is 16.0. The molecular formula is C21H21N5O3. The molecule has 0 aliphatic carbocycles. The highest BCUT2D eigenvalue weighted by Gasteiger charge is 2.32. The van der Waals surface area contributed by atoms with E-state index in [4.69, 9.17) is 4.74 Å². The van der Waals surface area contributed by atoms with Crippen molar-refractivity contribution in [3.63, 3.8) is 0 Å². The number of methoxy groups -OCH3 is 1. The summed E-state index contributed by atoms with van der Waals surface area (Å²) in [6.45, 7) is 1.37. The molecule has 4 rings (SSSR count). The molecule has 148 valence electrons. The van der Waals surface area contributed by atoms with E-state index in [0.717, 1.165) is 5.56 Å². The first kappa shape index (κ1) is 18.7. The van der Waals surface area contributed by atoms with Crippen LogP contribution in [0, 0.1) is 0 Å². The number of aromatic nitrogens is 3. The average Bonchev–Trinajstić information content (AvgIpc) is 3.24. The molecule has 3 aromatic rings. The maximum absolute atomic E-state index is 13.0. The first-order valence-corrected chi connectivity index (χ1v) is 9.29. The number of rotatable bonds is 6. The molecule has 0 bridgehead atoms. The summed E-state index contributed by atoms with van der Waals surface area (Å²) >= 11 is 0. The van der Waals surface area contributed by atoms with Gasteiger partial charge in [-0.05, 0) is 29.8 Å². The number of nitrogens with one attached hydrogen (secondary N) is 1. The molecule has 1 atom stereocenters. The Hall–Kier alpha value is -3.68. The molecule has 4 heterocycles. The largest absolute Gasteiger partial charge is 0.481 e. The van der Waals surface area contributed by atoms with Crippen LogP contribution in [-0.4, -0.2) is 50.9 Å². The summed E-state index contributed by atoms with van der Waals surface area (Å²) in [7, 11) is 1.52. The number of ether oxygens (including phenoxy) is 1. The molecule has 0 fully saturated rings. The van der Waals surface area contributed by atoms with E-state index in [1.807, 2.05) is 35.0 Å². The van der Waals surface area contributed by atoms with Gasteiger partial charge in [0.05, 0.1) is 18.7 Å². The molecule has 1 aliphatic heterocycles. The molecule has 0 spiro atoms. The summed E-state index contributed by atoms with van der Waals surface area (Å²) < 4.78 is 6.94. The minimum absolute atomic E-state index is 0.0598. The van der Waals surface area contributed by atoms with Gasteiger partial charge in [0.25, 0.3) is 11.8 Å². The van der Waals surface area contributed by atoms with Crippen LogP contribution in [0.4, 0.5) is 0 Å². The zero-order chi connectivity index (χ0) is 20.2. The molecule has 0 radical (unpaired) electrons. The van der Waals surface area contributed by atoms with Gasteiger partial charge in [-0.2, -0.15) is 0 Å². The number of pyridine rings is 2. The third-order valence-corrected chi connectivity index (χ3v) is 4.94. The van der Waals surface area contributed by atoms with Crippen LogP contribution in [0.3, 0.4) is 0 Å². The van der Waals surface area contributed by atoms with Crippen LogP contribution in [0.25, 0.3) is 0 Å². The Kier molecular flexibility index (Phi) is 5.24. The molecule has 0 aromatic carbocycles. The minimum atomic E-state index is -0.243. The van der Waals surface area contributed by atoms with Crippen molar-refractivity contribution in [2.24, 2.45) is 0 Å². The van der Waals surface area contributed by atoms with Gasteiger partial charge in [0.15, 0.2) is 0 Å². The van der Waals surface area contributed by atoms with Crippen molar-refractivity contribution in [1.82, 2.24) is 24.8 Å². The number of fused-ring (bicyclic) bond motifs is 1. The molecule has 0 saturated carbocycles. The van der Waals surface area contributed by atoms with Gasteiger partial charge in [-0.1, -0.05) is 6.07 Å². The lowest BCUT2D eigenvalue weighted by atomic mass is 10.1. The second-order valence-electron chi connectivity index (χ2n) is 6.79. The van der Waals surface area contributed by atoms with Crippen LogP contribution in [0.5, 0.6) is 5.88 Å². The molecule has 1 N–H and O–H groups in total. The van der Waals surface area contributed by atoms with E-state index in [1.54, 1.807) is 29.4 Å². The Morgan fingerprint density at radius 2 is 2.14 bits per heavy atom. The van der Waals surface area contributed by atoms with Crippen molar-refractivity contribution < 1.29 is 14.3 Å². The molecule has 2 amide bonds. The second-order valence-corrected chi connectivity index (χ2v) is 6.79. The lowest BCUT2D eigenvalue weighted by Crippen LogP contribution is -2.52. The highest BCUT2D eigenvalue weighted by Crippen LogP contribution is 2.20. The van der Waals surface area contributed by atoms with Crippen LogP contribution < -0.4 is 10.1 Å². The van der Waals surface area contributed by atoms with Crippen LogP contribution in [-0.2, 0) is 13.1 Å². The Labute approximate surface area is 168 Å². The zero-order valence-corrected chi connectivity index (χ0v) is 16.0. The molecule has 3 aromatic heterocycles. The number of amides is 2. The first-order valence-electron chi connectivity index (χ1n) is 9.29. The number of carbonyl (C=O) groups excluding carboxylic acids is 2. The van der Waals surface area contributed by atoms with Gasteiger partial charge in [-0.3, -0.25) is 14.6 Å². The molecule has 29 heavy (non-hydrogen) atoms. The van der Waals surface area contributed by atoms with Gasteiger partial charge < -0.3 is 19.5 Å². The van der Waals surface area contributed by atoms with Gasteiger partial charge in [-0.15, -0.1) is 0 Å². The van der Waals surface area contributed by atoms with Gasteiger partial charge in [0, 0.05) is 50.5 Å². The molecule has 1 aliphatic rings. The van der Waals surface area contributed by atoms with Gasteiger partial charge in [0.1, 0.15) is 5.69 Å². The van der Waals surface area contributed by atoms with E-state index in [0.29, 0.717) is 36.8 Å². The maximum Gasteiger partial charge on any atom is 0.271 e. The van der Waals surface area contributed by atoms with Crippen molar-refractivity contribution >= 4 is 11.8 Å². The van der Waals surface area contributed by atoms with Crippen molar-refractivity contribution in [3.8, 4) is 5.88 Å². The van der Waals surface area contributed by atoms with Gasteiger partial charge >= 0.3 is 0 Å². The van der Waals surface area contributed by atoms with Gasteiger partial charge in [-0.25, -0.2) is 4.98 Å². The Morgan fingerprint density at radius 1 is 1.24 bits per heavy atom. The fraction of sp³-hybridized carbons (Fsp3) is 0.238. The summed E-state index contributed by atoms with van der Waals surface area (Å²) in [6.07, 6.45) is 6.81. The highest BCUT2D eigenvalue weighted by molar-refractivity contribution is 5.95. The van der Waals surface area contributed by atoms with Gasteiger partial charge in [0.2, 0.25) is 5.88 Å². The fourth-order valence-corrected chi connectivity index (χ4v) is 3.42. The molecular weight excluding hydrogens is 370 g/mol. The number of hydrogen-bond acceptors (Lipinski definition) is 5. The quantitative estimate of drug-likeness (QED) is 0.691. The average molecular weight is 391 g/mol. The first-order chi connectivity index (χ1) is 14.2. The van der Waals surface area contributed by atoms with Crippen molar-refractivity contribution in [2.75, 3.05) is 13.7 Å². The predicted molar refractivity (Wildman–Crippen MR) is 105 cm³/mol. The third kappa shape index (κ3) is 3.96. The van der Waals surface area contributed by atoms with Crippen LogP contribution in [0.1, 0.15) is 26.4 Å². The Morgan fingerprint density at radius 3 is 2.86 bits per heavy atom. The normalized spacial score (nSPS) is 15.7. The Bertz CT molecular complexity index is 1000. The number of carbonyl (C=O) groups is 2. The lowest BCUT2D eigenvalue weighted by Gasteiger charge is -2.36. The molecule has 1 unspecified atom stereocenters. The van der Waals surface area contributed by atoms with Crippen LogP contribution in [0.15, 0.2) is 61.2 Å². The van der Waals surface area contributed by atoms with E-state index in [9.17, 15) is 9.59 Å². The van der Waals surface area contributed by atoms with E-state index in [-0.39, 0.29) is 17.9 Å². The van der Waals surface area contributed by atoms with Crippen LogP contribution >= 0.6 is 0 Å².